The summed E-state index contributed by atoms with van der Waals surface area (Å²) in [4.78, 5) is 22.7. The zero-order chi connectivity index (χ0) is 21.9. The molecule has 0 bridgehead atoms. The minimum absolute atomic E-state index is 0.255. The third-order valence-electron chi connectivity index (χ3n) is 4.46. The highest BCUT2D eigenvalue weighted by atomic mass is 16.6. The molecule has 0 aliphatic carbocycles. The Morgan fingerprint density at radius 2 is 1.23 bits per heavy atom. The number of esters is 2. The van der Waals surface area contributed by atoms with Crippen molar-refractivity contribution in [2.75, 3.05) is 13.2 Å². The van der Waals surface area contributed by atoms with Crippen molar-refractivity contribution in [3.63, 3.8) is 0 Å². The van der Waals surface area contributed by atoms with Gasteiger partial charge in [-0.2, -0.15) is 0 Å². The summed E-state index contributed by atoms with van der Waals surface area (Å²) in [5, 5.41) is 1.97. The number of ether oxygens (including phenoxy) is 4. The number of hydrogen-bond acceptors (Lipinski definition) is 6. The monoisotopic (exact) mass is 412 g/mol. The van der Waals surface area contributed by atoms with E-state index in [1.54, 1.807) is 0 Å². The Labute approximate surface area is 177 Å². The molecule has 0 aliphatic heterocycles. The average molecular weight is 412 g/mol. The van der Waals surface area contributed by atoms with Gasteiger partial charge < -0.3 is 18.9 Å². The van der Waals surface area contributed by atoms with Gasteiger partial charge in [-0.15, -0.1) is 0 Å². The van der Waals surface area contributed by atoms with Crippen LogP contribution < -0.4 is 9.47 Å². The first kappa shape index (κ1) is 23.0. The summed E-state index contributed by atoms with van der Waals surface area (Å²) in [5.74, 6) is 0.406. The van der Waals surface area contributed by atoms with Crippen molar-refractivity contribution in [1.29, 1.82) is 0 Å². The molecule has 6 nitrogen and oxygen atoms in total. The molecule has 2 aromatic rings. The van der Waals surface area contributed by atoms with E-state index in [0.717, 1.165) is 22.9 Å². The topological polar surface area (TPSA) is 71.1 Å². The molecule has 0 radical (unpaired) electrons. The second-order valence-corrected chi connectivity index (χ2v) is 6.64. The lowest BCUT2D eigenvalue weighted by Gasteiger charge is -2.17. The van der Waals surface area contributed by atoms with Crippen molar-refractivity contribution in [3.05, 3.63) is 61.7 Å². The number of carbonyl (C=O) groups is 2. The van der Waals surface area contributed by atoms with Crippen molar-refractivity contribution >= 4 is 22.7 Å². The van der Waals surface area contributed by atoms with Crippen LogP contribution in [0.3, 0.4) is 0 Å². The van der Waals surface area contributed by atoms with Crippen LogP contribution in [-0.4, -0.2) is 37.4 Å². The molecule has 2 atom stereocenters. The number of fused-ring (bicyclic) bond motifs is 1. The number of rotatable bonds is 12. The van der Waals surface area contributed by atoms with E-state index in [9.17, 15) is 9.59 Å². The third kappa shape index (κ3) is 6.95. The lowest BCUT2D eigenvalue weighted by Crippen LogP contribution is -2.23. The minimum atomic E-state index is -0.463. The average Bonchev–Trinajstić information content (AvgIpc) is 2.78. The molecule has 0 spiro atoms. The molecule has 0 aliphatic rings. The van der Waals surface area contributed by atoms with E-state index in [0.29, 0.717) is 24.3 Å². The largest absolute Gasteiger partial charge is 0.490 e. The fourth-order valence-electron chi connectivity index (χ4n) is 2.66. The van der Waals surface area contributed by atoms with Gasteiger partial charge in [0.2, 0.25) is 0 Å². The molecule has 2 aromatic carbocycles. The lowest BCUT2D eigenvalue weighted by atomic mass is 10.1. The quantitative estimate of drug-likeness (QED) is 0.374. The van der Waals surface area contributed by atoms with Crippen molar-refractivity contribution < 1.29 is 28.5 Å². The second kappa shape index (κ2) is 11.7. The molecule has 6 heteroatoms. The van der Waals surface area contributed by atoms with Gasteiger partial charge in [0.1, 0.15) is 36.9 Å². The van der Waals surface area contributed by atoms with Gasteiger partial charge in [-0.05, 0) is 47.9 Å². The van der Waals surface area contributed by atoms with Gasteiger partial charge in [0.05, 0.1) is 0 Å². The molecule has 0 heterocycles. The maximum Gasteiger partial charge on any atom is 0.330 e. The molecule has 0 N–H and O–H groups in total. The van der Waals surface area contributed by atoms with E-state index in [2.05, 4.69) is 13.2 Å². The molecule has 2 rings (SSSR count). The summed E-state index contributed by atoms with van der Waals surface area (Å²) in [7, 11) is 0. The van der Waals surface area contributed by atoms with Gasteiger partial charge >= 0.3 is 11.9 Å². The molecular formula is C24H28O6. The van der Waals surface area contributed by atoms with Crippen LogP contribution >= 0.6 is 0 Å². The highest BCUT2D eigenvalue weighted by Gasteiger charge is 2.13. The van der Waals surface area contributed by atoms with Crippen molar-refractivity contribution in [2.24, 2.45) is 0 Å². The third-order valence-corrected chi connectivity index (χ3v) is 4.46. The number of benzene rings is 2. The lowest BCUT2D eigenvalue weighted by molar-refractivity contribution is -0.145. The Morgan fingerprint density at radius 3 is 1.60 bits per heavy atom. The maximum absolute atomic E-state index is 11.4. The highest BCUT2D eigenvalue weighted by molar-refractivity contribution is 5.85. The standard InChI is InChI=1S/C24H28O6/c1-5-19(29-23(25)7-3)15-27-21-11-9-17-10-12-22(14-18(17)13-21)28-16-20(6-2)30-24(26)8-4/h7-14,19-20H,3-6,15-16H2,1-2H3. The van der Waals surface area contributed by atoms with Gasteiger partial charge in [0, 0.05) is 12.2 Å². The smallest absolute Gasteiger partial charge is 0.330 e. The van der Waals surface area contributed by atoms with E-state index in [4.69, 9.17) is 18.9 Å². The normalized spacial score (nSPS) is 12.5. The van der Waals surface area contributed by atoms with Gasteiger partial charge in [-0.1, -0.05) is 39.1 Å². The van der Waals surface area contributed by atoms with Crippen LogP contribution in [0.4, 0.5) is 0 Å². The van der Waals surface area contributed by atoms with Crippen LogP contribution in [0.2, 0.25) is 0 Å². The van der Waals surface area contributed by atoms with Crippen molar-refractivity contribution in [2.45, 2.75) is 38.9 Å². The van der Waals surface area contributed by atoms with Crippen LogP contribution in [0.25, 0.3) is 10.8 Å². The summed E-state index contributed by atoms with van der Waals surface area (Å²) >= 11 is 0. The Morgan fingerprint density at radius 1 is 0.800 bits per heavy atom. The van der Waals surface area contributed by atoms with Crippen LogP contribution in [0.15, 0.2) is 61.7 Å². The molecule has 0 saturated heterocycles. The second-order valence-electron chi connectivity index (χ2n) is 6.64. The van der Waals surface area contributed by atoms with Gasteiger partial charge in [-0.3, -0.25) is 0 Å². The molecule has 2 unspecified atom stereocenters. The predicted molar refractivity (Wildman–Crippen MR) is 116 cm³/mol. The van der Waals surface area contributed by atoms with Gasteiger partial charge in [0.15, 0.2) is 0 Å². The Balaban J connectivity index is 2.02. The van der Waals surface area contributed by atoms with E-state index < -0.39 is 11.9 Å². The van der Waals surface area contributed by atoms with Crippen LogP contribution in [0.1, 0.15) is 26.7 Å². The first-order valence-electron chi connectivity index (χ1n) is 9.94. The van der Waals surface area contributed by atoms with Crippen molar-refractivity contribution in [3.8, 4) is 11.5 Å². The first-order valence-corrected chi connectivity index (χ1v) is 9.94. The van der Waals surface area contributed by atoms with E-state index in [1.165, 1.54) is 0 Å². The van der Waals surface area contributed by atoms with Gasteiger partial charge in [0.25, 0.3) is 0 Å². The zero-order valence-electron chi connectivity index (χ0n) is 17.5. The van der Waals surface area contributed by atoms with Crippen LogP contribution in [-0.2, 0) is 19.1 Å². The van der Waals surface area contributed by atoms with Crippen molar-refractivity contribution in [1.82, 2.24) is 0 Å². The molecule has 0 aromatic heterocycles. The SMILES string of the molecule is C=CC(=O)OC(CC)COc1ccc2ccc(OCC(CC)OC(=O)C=C)cc2c1. The molecule has 0 fully saturated rings. The minimum Gasteiger partial charge on any atom is -0.490 e. The first-order chi connectivity index (χ1) is 14.5. The highest BCUT2D eigenvalue weighted by Crippen LogP contribution is 2.25. The molecule has 0 amide bonds. The Kier molecular flexibility index (Phi) is 8.94. The predicted octanol–water partition coefficient (Wildman–Crippen LogP) is 4.61. The number of carbonyl (C=O) groups excluding carboxylic acids is 2. The number of hydrogen-bond donors (Lipinski definition) is 0. The van der Waals surface area contributed by atoms with E-state index in [-0.39, 0.29) is 25.4 Å². The Bertz CT molecular complexity index is 820. The van der Waals surface area contributed by atoms with E-state index >= 15 is 0 Å². The van der Waals surface area contributed by atoms with E-state index in [1.807, 2.05) is 50.2 Å². The van der Waals surface area contributed by atoms with Gasteiger partial charge in [-0.25, -0.2) is 9.59 Å². The molecule has 160 valence electrons. The summed E-state index contributed by atoms with van der Waals surface area (Å²) in [6, 6.07) is 11.4. The maximum atomic E-state index is 11.4. The molecule has 0 saturated carbocycles. The fraction of sp³-hybridized carbons (Fsp3) is 0.333. The molecule has 30 heavy (non-hydrogen) atoms. The van der Waals surface area contributed by atoms with Crippen LogP contribution in [0, 0.1) is 0 Å². The Hall–Kier alpha value is -3.28. The summed E-state index contributed by atoms with van der Waals surface area (Å²) < 4.78 is 22.1. The summed E-state index contributed by atoms with van der Waals surface area (Å²) in [6.45, 7) is 11.2. The summed E-state index contributed by atoms with van der Waals surface area (Å²) in [5.41, 5.74) is 0. The summed E-state index contributed by atoms with van der Waals surface area (Å²) in [6.07, 6.45) is 2.87. The van der Waals surface area contributed by atoms with Crippen LogP contribution in [0.5, 0.6) is 11.5 Å². The molecular weight excluding hydrogens is 384 g/mol. The fourth-order valence-corrected chi connectivity index (χ4v) is 2.66. The zero-order valence-corrected chi connectivity index (χ0v) is 17.5.